The van der Waals surface area contributed by atoms with Crippen molar-refractivity contribution in [3.8, 4) is 0 Å². The van der Waals surface area contributed by atoms with E-state index in [0.29, 0.717) is 25.8 Å². The van der Waals surface area contributed by atoms with Gasteiger partial charge in [0.1, 0.15) is 24.9 Å². The lowest BCUT2D eigenvalue weighted by Crippen LogP contribution is -2.65. The predicted octanol–water partition coefficient (Wildman–Crippen LogP) is 16.9. The SMILES string of the molecule is CCCCCCCCCCCCCCCNC(CNC(=O)CCCCCCCCCCCCCCC)C(C(CNC(=O)CCCCCCCCCCCCCCC)NC(=O)CCCCCCCCCCCCCCC)N(C)CC1OC1COC(=O)CC(C(=O)O)N(CCN(CC(=O)O)CC(=O)O)CCN(CC(=O)O)CC(=O)O. The third-order valence-corrected chi connectivity index (χ3v) is 22.4. The number of nitrogens with zero attached hydrogens (tertiary/aromatic N) is 4. The van der Waals surface area contributed by atoms with E-state index in [2.05, 4.69) is 53.9 Å². The Labute approximate surface area is 685 Å². The van der Waals surface area contributed by atoms with E-state index < -0.39 is 105 Å². The zero-order valence-corrected chi connectivity index (χ0v) is 72.3. The second-order valence-electron chi connectivity index (χ2n) is 33.0. The Morgan fingerprint density at radius 2 is 0.655 bits per heavy atom. The van der Waals surface area contributed by atoms with Crippen molar-refractivity contribution in [3.63, 3.8) is 0 Å². The summed E-state index contributed by atoms with van der Waals surface area (Å²) in [7, 11) is 1.94. The summed E-state index contributed by atoms with van der Waals surface area (Å²) in [6, 6.07) is -3.25. The van der Waals surface area contributed by atoms with Crippen LogP contribution in [0, 0.1) is 0 Å². The highest BCUT2D eigenvalue weighted by molar-refractivity contribution is 5.82. The molecule has 1 heterocycles. The van der Waals surface area contributed by atoms with Crippen LogP contribution in [0.3, 0.4) is 0 Å². The minimum Gasteiger partial charge on any atom is -0.480 e. The monoisotopic (exact) mass is 1610 g/mol. The summed E-state index contributed by atoms with van der Waals surface area (Å²) in [5.41, 5.74) is 0. The quantitative estimate of drug-likeness (QED) is 0.0155. The number of unbranched alkanes of at least 4 members (excludes halogenated alkanes) is 48. The predicted molar refractivity (Wildman–Crippen MR) is 453 cm³/mol. The first-order chi connectivity index (χ1) is 54.7. The molecule has 0 aromatic carbocycles. The van der Waals surface area contributed by atoms with Crippen molar-refractivity contribution in [1.82, 2.24) is 40.9 Å². The fraction of sp³-hybridized carbons (Fsp3) is 0.899. The number of rotatable bonds is 87. The number of hydrogen-bond acceptors (Lipinski definition) is 16. The van der Waals surface area contributed by atoms with Gasteiger partial charge in [-0.15, -0.1) is 0 Å². The Bertz CT molecular complexity index is 2320. The molecule has 1 saturated heterocycles. The molecule has 0 spiro atoms. The summed E-state index contributed by atoms with van der Waals surface area (Å²) >= 11 is 0. The normalized spacial score (nSPS) is 14.5. The first-order valence-corrected chi connectivity index (χ1v) is 46.1. The summed E-state index contributed by atoms with van der Waals surface area (Å²) in [6.07, 6.45) is 61.2. The van der Waals surface area contributed by atoms with Gasteiger partial charge in [-0.1, -0.05) is 336 Å². The van der Waals surface area contributed by atoms with Crippen molar-refractivity contribution in [2.75, 3.05) is 92.2 Å². The van der Waals surface area contributed by atoms with Crippen molar-refractivity contribution < 1.29 is 78.2 Å². The van der Waals surface area contributed by atoms with Gasteiger partial charge in [0.05, 0.1) is 38.6 Å². The van der Waals surface area contributed by atoms with E-state index in [4.69, 9.17) is 9.47 Å². The van der Waals surface area contributed by atoms with Gasteiger partial charge in [0.25, 0.3) is 0 Å². The number of esters is 1. The van der Waals surface area contributed by atoms with Gasteiger partial charge in [-0.2, -0.15) is 0 Å². The number of likely N-dealkylation sites (N-methyl/N-ethyl adjacent to an activating group) is 1. The van der Waals surface area contributed by atoms with Gasteiger partial charge in [-0.25, -0.2) is 0 Å². The molecule has 0 aromatic heterocycles. The van der Waals surface area contributed by atoms with E-state index in [-0.39, 0.29) is 70.1 Å². The van der Waals surface area contributed by atoms with E-state index in [1.54, 1.807) is 0 Å². The van der Waals surface area contributed by atoms with Gasteiger partial charge in [0.15, 0.2) is 0 Å². The molecule has 3 amide bonds. The van der Waals surface area contributed by atoms with Crippen LogP contribution in [0.2, 0.25) is 0 Å². The Morgan fingerprint density at radius 3 is 0.965 bits per heavy atom. The Kier molecular flexibility index (Phi) is 69.9. The number of amides is 3. The summed E-state index contributed by atoms with van der Waals surface area (Å²) in [4.78, 5) is 122. The Hall–Kier alpha value is -5.01. The molecule has 113 heavy (non-hydrogen) atoms. The van der Waals surface area contributed by atoms with Crippen LogP contribution < -0.4 is 21.3 Å². The van der Waals surface area contributed by atoms with Crippen molar-refractivity contribution in [2.24, 2.45) is 0 Å². The zero-order chi connectivity index (χ0) is 83.0. The van der Waals surface area contributed by atoms with Crippen LogP contribution in [0.4, 0.5) is 0 Å². The first-order valence-electron chi connectivity index (χ1n) is 46.1. The molecule has 0 saturated carbocycles. The molecule has 0 aliphatic carbocycles. The van der Waals surface area contributed by atoms with E-state index >= 15 is 0 Å². The number of hydrogen-bond donors (Lipinski definition) is 9. The average Bonchev–Trinajstić information content (AvgIpc) is 1.70. The van der Waals surface area contributed by atoms with Gasteiger partial charge in [0.2, 0.25) is 17.7 Å². The second kappa shape index (κ2) is 74.5. The smallest absolute Gasteiger partial charge is 0.321 e. The average molecular weight is 1610 g/mol. The van der Waals surface area contributed by atoms with Crippen molar-refractivity contribution >= 4 is 53.5 Å². The fourth-order valence-electron chi connectivity index (χ4n) is 15.5. The van der Waals surface area contributed by atoms with Gasteiger partial charge in [-0.3, -0.25) is 62.8 Å². The van der Waals surface area contributed by atoms with Crippen LogP contribution in [0.1, 0.15) is 387 Å². The largest absolute Gasteiger partial charge is 0.480 e. The lowest BCUT2D eigenvalue weighted by atomic mass is 9.96. The van der Waals surface area contributed by atoms with Crippen molar-refractivity contribution in [3.05, 3.63) is 0 Å². The van der Waals surface area contributed by atoms with Crippen LogP contribution in [0.15, 0.2) is 0 Å². The van der Waals surface area contributed by atoms with Gasteiger partial charge < -0.3 is 56.3 Å². The Balaban J connectivity index is 3.69. The first kappa shape index (κ1) is 106. The van der Waals surface area contributed by atoms with E-state index in [0.717, 1.165) is 106 Å². The topological polar surface area (TPSA) is 338 Å². The summed E-state index contributed by atoms with van der Waals surface area (Å²) in [5.74, 6) is -8.06. The molecule has 24 nitrogen and oxygen atoms in total. The molecule has 1 aliphatic heterocycles. The maximum Gasteiger partial charge on any atom is 0.321 e. The minimum atomic E-state index is -1.65. The number of nitrogens with one attached hydrogen (secondary N) is 4. The third-order valence-electron chi connectivity index (χ3n) is 22.4. The summed E-state index contributed by atoms with van der Waals surface area (Å²) in [6.45, 7) is 5.99. The molecule has 0 bridgehead atoms. The van der Waals surface area contributed by atoms with Gasteiger partial charge in [-0.05, 0) is 39.3 Å². The highest BCUT2D eigenvalue weighted by Gasteiger charge is 2.44. The molecule has 1 fully saturated rings. The van der Waals surface area contributed by atoms with Crippen molar-refractivity contribution in [2.45, 2.75) is 424 Å². The van der Waals surface area contributed by atoms with Crippen LogP contribution in [0.5, 0.6) is 0 Å². The molecule has 1 aliphatic rings. The molecule has 1 rings (SSSR count). The maximum atomic E-state index is 14.6. The molecule has 0 radical (unpaired) electrons. The van der Waals surface area contributed by atoms with E-state index in [1.807, 2.05) is 7.05 Å². The molecule has 6 unspecified atom stereocenters. The number of carbonyl (C=O) groups is 9. The molecular formula is C89H168N8O16. The molecule has 660 valence electrons. The lowest BCUT2D eigenvalue weighted by Gasteiger charge is -2.41. The minimum absolute atomic E-state index is 0.0475. The molecular weight excluding hydrogens is 1440 g/mol. The zero-order valence-electron chi connectivity index (χ0n) is 72.3. The molecule has 0 aromatic rings. The van der Waals surface area contributed by atoms with Crippen LogP contribution in [-0.4, -0.2) is 227 Å². The fourth-order valence-corrected chi connectivity index (χ4v) is 15.5. The number of carboxylic acids is 5. The molecule has 6 atom stereocenters. The molecule has 9 N–H and O–H groups in total. The van der Waals surface area contributed by atoms with E-state index in [9.17, 15) is 68.7 Å². The van der Waals surface area contributed by atoms with E-state index in [1.165, 1.54) is 242 Å². The third kappa shape index (κ3) is 64.7. The van der Waals surface area contributed by atoms with Gasteiger partial charge >= 0.3 is 35.8 Å². The summed E-state index contributed by atoms with van der Waals surface area (Å²) in [5, 5.41) is 62.7. The number of carboxylic acid groups (broad SMARTS) is 5. The number of aliphatic carboxylic acids is 5. The molecule has 24 heteroatoms. The highest BCUT2D eigenvalue weighted by atomic mass is 16.6. The lowest BCUT2D eigenvalue weighted by molar-refractivity contribution is -0.153. The van der Waals surface area contributed by atoms with Crippen LogP contribution in [-0.2, 0) is 52.6 Å². The number of carbonyl (C=O) groups excluding carboxylic acids is 4. The maximum absolute atomic E-state index is 14.6. The van der Waals surface area contributed by atoms with Gasteiger partial charge in [0, 0.05) is 77.2 Å². The second-order valence-corrected chi connectivity index (χ2v) is 33.0. The standard InChI is InChI=1S/C89H168N8O16/c1-6-10-14-18-22-26-30-34-38-42-46-50-54-58-80(98)91-67-75(90-61-57-53-49-45-41-37-33-29-25-21-17-13-9-4)88(76(93-82(100)60-56-52-48-44-40-36-32-28-24-20-16-12-8-3)68-92-81(99)59-55-51-47-43-39-35-31-27-23-19-15-11-7-2)94(5)69-78-79(113-78)74-112-87(109)66-77(89(110)111)97(64-62-95(70-83(101)102)71-84(103)104)65-63-96(72-85(105)106)73-86(107)108/h75-79,88,90H,6-74H2,1-5H3,(H,91,98)(H,92,99)(H,93,100)(H,101,102)(H,103,104)(H,105,106)(H,107,108)(H,110,111). The number of ether oxygens (including phenoxy) is 2. The summed E-state index contributed by atoms with van der Waals surface area (Å²) < 4.78 is 12.0. The van der Waals surface area contributed by atoms with Crippen LogP contribution in [0.25, 0.3) is 0 Å². The Morgan fingerprint density at radius 1 is 0.363 bits per heavy atom. The van der Waals surface area contributed by atoms with Crippen LogP contribution >= 0.6 is 0 Å². The van der Waals surface area contributed by atoms with Crippen molar-refractivity contribution in [1.29, 1.82) is 0 Å². The number of epoxide rings is 1. The highest BCUT2D eigenvalue weighted by Crippen LogP contribution is 2.27.